The summed E-state index contributed by atoms with van der Waals surface area (Å²) in [5.74, 6) is 0.568. The Hall–Kier alpha value is -0.810. The van der Waals surface area contributed by atoms with E-state index in [1.165, 1.54) is 0 Å². The normalized spacial score (nSPS) is 18.8. The third kappa shape index (κ3) is 5.76. The molecular weight excluding hydrogens is 321 g/mol. The average molecular weight is 346 g/mol. The van der Waals surface area contributed by atoms with Gasteiger partial charge in [-0.15, -0.1) is 12.4 Å². The smallest absolute Gasteiger partial charge is 0.234 e. The molecule has 1 atom stereocenters. The molecule has 6 heteroatoms. The molecule has 0 radical (unpaired) electrons. The third-order valence-electron chi connectivity index (χ3n) is 3.64. The van der Waals surface area contributed by atoms with E-state index in [9.17, 15) is 4.79 Å². The molecule has 1 fully saturated rings. The zero-order valence-electron chi connectivity index (χ0n) is 13.1. The van der Waals surface area contributed by atoms with Crippen LogP contribution in [0.15, 0.2) is 24.3 Å². The highest BCUT2D eigenvalue weighted by molar-refractivity contribution is 6.30. The first-order valence-electron chi connectivity index (χ1n) is 7.53. The van der Waals surface area contributed by atoms with Crippen molar-refractivity contribution in [1.82, 2.24) is 15.5 Å². The van der Waals surface area contributed by atoms with Crippen molar-refractivity contribution in [2.24, 2.45) is 5.92 Å². The summed E-state index contributed by atoms with van der Waals surface area (Å²) in [4.78, 5) is 14.3. The highest BCUT2D eigenvalue weighted by atomic mass is 35.5. The lowest BCUT2D eigenvalue weighted by molar-refractivity contribution is -0.123. The Morgan fingerprint density at radius 1 is 1.50 bits per heavy atom. The van der Waals surface area contributed by atoms with Crippen LogP contribution in [0.5, 0.6) is 0 Å². The minimum absolute atomic E-state index is 0. The van der Waals surface area contributed by atoms with Gasteiger partial charge < -0.3 is 10.6 Å². The predicted octanol–water partition coefficient (Wildman–Crippen LogP) is 2.48. The molecule has 1 unspecified atom stereocenters. The van der Waals surface area contributed by atoms with E-state index in [1.807, 2.05) is 18.2 Å². The molecule has 1 aliphatic rings. The Bertz CT molecular complexity index is 482. The van der Waals surface area contributed by atoms with Gasteiger partial charge in [-0.25, -0.2) is 0 Å². The van der Waals surface area contributed by atoms with Crippen LogP contribution in [0.1, 0.15) is 25.5 Å². The minimum Gasteiger partial charge on any atom is -0.355 e. The molecule has 124 valence electrons. The molecule has 1 amide bonds. The summed E-state index contributed by atoms with van der Waals surface area (Å²) in [6.45, 7) is 7.98. The first kappa shape index (κ1) is 19.2. The lowest BCUT2D eigenvalue weighted by Crippen LogP contribution is -2.49. The fourth-order valence-electron chi connectivity index (χ4n) is 2.54. The van der Waals surface area contributed by atoms with Crippen LogP contribution < -0.4 is 10.6 Å². The van der Waals surface area contributed by atoms with Crippen LogP contribution in [0.25, 0.3) is 0 Å². The predicted molar refractivity (Wildman–Crippen MR) is 93.7 cm³/mol. The number of carbonyl (C=O) groups is 1. The molecule has 0 saturated carbocycles. The second kappa shape index (κ2) is 9.36. The number of hydrogen-bond donors (Lipinski definition) is 2. The van der Waals surface area contributed by atoms with Crippen LogP contribution >= 0.6 is 24.0 Å². The molecule has 1 aliphatic heterocycles. The molecule has 0 aliphatic carbocycles. The highest BCUT2D eigenvalue weighted by Gasteiger charge is 2.25. The Kier molecular flexibility index (Phi) is 8.18. The summed E-state index contributed by atoms with van der Waals surface area (Å²) in [5, 5.41) is 7.11. The van der Waals surface area contributed by atoms with E-state index in [1.54, 1.807) is 0 Å². The maximum Gasteiger partial charge on any atom is 0.234 e. The number of amides is 1. The monoisotopic (exact) mass is 345 g/mol. The number of nitrogens with one attached hydrogen (secondary N) is 2. The standard InChI is InChI=1S/C16H24ClN3O.ClH/c1-12(2)9-19-16(21)11-20-7-6-18-10-15(20)13-4-3-5-14(17)8-13;/h3-5,8,12,15,18H,6-7,9-11H2,1-2H3,(H,19,21);1H. The fraction of sp³-hybridized carbons (Fsp3) is 0.562. The average Bonchev–Trinajstić information content (AvgIpc) is 2.46. The topological polar surface area (TPSA) is 44.4 Å². The lowest BCUT2D eigenvalue weighted by atomic mass is 10.0. The van der Waals surface area contributed by atoms with Gasteiger partial charge in [0.25, 0.3) is 0 Å². The van der Waals surface area contributed by atoms with Crippen LogP contribution in [-0.2, 0) is 4.79 Å². The highest BCUT2D eigenvalue weighted by Crippen LogP contribution is 2.24. The van der Waals surface area contributed by atoms with E-state index in [0.29, 0.717) is 12.5 Å². The molecule has 4 nitrogen and oxygen atoms in total. The van der Waals surface area contributed by atoms with Gasteiger partial charge in [0.1, 0.15) is 0 Å². The van der Waals surface area contributed by atoms with Crippen molar-refractivity contribution in [1.29, 1.82) is 0 Å². The zero-order valence-corrected chi connectivity index (χ0v) is 14.7. The van der Waals surface area contributed by atoms with E-state index in [4.69, 9.17) is 11.6 Å². The number of carbonyl (C=O) groups excluding carboxylic acids is 1. The van der Waals surface area contributed by atoms with Crippen molar-refractivity contribution < 1.29 is 4.79 Å². The summed E-state index contributed by atoms with van der Waals surface area (Å²) >= 11 is 6.08. The minimum atomic E-state index is 0. The van der Waals surface area contributed by atoms with Gasteiger partial charge in [0.2, 0.25) is 5.91 Å². The van der Waals surface area contributed by atoms with Gasteiger partial charge in [0.15, 0.2) is 0 Å². The Morgan fingerprint density at radius 3 is 2.95 bits per heavy atom. The van der Waals surface area contributed by atoms with E-state index < -0.39 is 0 Å². The van der Waals surface area contributed by atoms with Crippen LogP contribution in [0, 0.1) is 5.92 Å². The second-order valence-electron chi connectivity index (χ2n) is 5.94. The van der Waals surface area contributed by atoms with Crippen LogP contribution in [0.3, 0.4) is 0 Å². The molecule has 0 aromatic heterocycles. The number of benzene rings is 1. The summed E-state index contributed by atoms with van der Waals surface area (Å²) in [6.07, 6.45) is 0. The van der Waals surface area contributed by atoms with E-state index in [2.05, 4.69) is 35.4 Å². The third-order valence-corrected chi connectivity index (χ3v) is 3.88. The Labute approximate surface area is 144 Å². The van der Waals surface area contributed by atoms with Crippen molar-refractivity contribution in [2.45, 2.75) is 19.9 Å². The molecule has 22 heavy (non-hydrogen) atoms. The van der Waals surface area contributed by atoms with E-state index in [0.717, 1.165) is 36.8 Å². The molecule has 1 heterocycles. The molecule has 1 saturated heterocycles. The van der Waals surface area contributed by atoms with E-state index in [-0.39, 0.29) is 24.4 Å². The first-order valence-corrected chi connectivity index (χ1v) is 7.91. The van der Waals surface area contributed by atoms with Crippen LogP contribution in [0.2, 0.25) is 5.02 Å². The summed E-state index contributed by atoms with van der Waals surface area (Å²) in [7, 11) is 0. The van der Waals surface area contributed by atoms with E-state index >= 15 is 0 Å². The van der Waals surface area contributed by atoms with Crippen molar-refractivity contribution in [3.8, 4) is 0 Å². The molecule has 2 rings (SSSR count). The number of piperazine rings is 1. The van der Waals surface area contributed by atoms with Crippen molar-refractivity contribution in [2.75, 3.05) is 32.7 Å². The molecule has 0 bridgehead atoms. The lowest BCUT2D eigenvalue weighted by Gasteiger charge is -2.36. The van der Waals surface area contributed by atoms with Gasteiger partial charge in [-0.1, -0.05) is 37.6 Å². The van der Waals surface area contributed by atoms with Gasteiger partial charge in [-0.2, -0.15) is 0 Å². The van der Waals surface area contributed by atoms with Crippen LogP contribution in [-0.4, -0.2) is 43.5 Å². The summed E-state index contributed by atoms with van der Waals surface area (Å²) in [5.41, 5.74) is 1.16. The zero-order chi connectivity index (χ0) is 15.2. The SMILES string of the molecule is CC(C)CNC(=O)CN1CCNCC1c1cccc(Cl)c1.Cl. The molecule has 1 aromatic carbocycles. The molecular formula is C16H25Cl2N3O. The Morgan fingerprint density at radius 2 is 2.27 bits per heavy atom. The molecule has 0 spiro atoms. The fourth-order valence-corrected chi connectivity index (χ4v) is 2.74. The Balaban J connectivity index is 0.00000242. The van der Waals surface area contributed by atoms with Crippen molar-refractivity contribution >= 4 is 29.9 Å². The maximum absolute atomic E-state index is 12.1. The van der Waals surface area contributed by atoms with Gasteiger partial charge >= 0.3 is 0 Å². The maximum atomic E-state index is 12.1. The molecule has 1 aromatic rings. The number of nitrogens with zero attached hydrogens (tertiary/aromatic N) is 1. The van der Waals surface area contributed by atoms with Crippen molar-refractivity contribution in [3.05, 3.63) is 34.9 Å². The number of hydrogen-bond acceptors (Lipinski definition) is 3. The summed E-state index contributed by atoms with van der Waals surface area (Å²) in [6, 6.07) is 8.09. The molecule has 2 N–H and O–H groups in total. The van der Waals surface area contributed by atoms with Gasteiger partial charge in [-0.3, -0.25) is 9.69 Å². The van der Waals surface area contributed by atoms with Gasteiger partial charge in [0.05, 0.1) is 6.54 Å². The largest absolute Gasteiger partial charge is 0.355 e. The second-order valence-corrected chi connectivity index (χ2v) is 6.38. The quantitative estimate of drug-likeness (QED) is 0.861. The van der Waals surface area contributed by atoms with Gasteiger partial charge in [0, 0.05) is 37.2 Å². The summed E-state index contributed by atoms with van der Waals surface area (Å²) < 4.78 is 0. The van der Waals surface area contributed by atoms with Crippen LogP contribution in [0.4, 0.5) is 0 Å². The van der Waals surface area contributed by atoms with Crippen molar-refractivity contribution in [3.63, 3.8) is 0 Å². The number of rotatable bonds is 5. The first-order chi connectivity index (χ1) is 10.1. The number of halogens is 2. The van der Waals surface area contributed by atoms with Gasteiger partial charge in [-0.05, 0) is 23.6 Å².